The molecule has 3 N–H and O–H groups in total. The number of ketones is 1. The minimum atomic E-state index is -0.679. The van der Waals surface area contributed by atoms with Crippen LogP contribution >= 0.6 is 0 Å². The SMILES string of the molecule is CONC(=O)c1cc(C(=O)NCC(C)=O)ccc1O. The number of phenols is 1. The molecule has 1 rings (SSSR count). The molecular weight excluding hydrogens is 252 g/mol. The second-order valence-electron chi connectivity index (χ2n) is 3.75. The van der Waals surface area contributed by atoms with Crippen molar-refractivity contribution >= 4 is 17.6 Å². The number of nitrogens with one attached hydrogen (secondary N) is 2. The van der Waals surface area contributed by atoms with Crippen molar-refractivity contribution in [1.82, 2.24) is 10.8 Å². The fourth-order valence-electron chi connectivity index (χ4n) is 1.31. The van der Waals surface area contributed by atoms with Crippen LogP contribution < -0.4 is 10.8 Å². The van der Waals surface area contributed by atoms with Crippen molar-refractivity contribution in [2.24, 2.45) is 0 Å². The molecule has 0 aliphatic rings. The Bertz CT molecular complexity index is 513. The van der Waals surface area contributed by atoms with Crippen LogP contribution in [0, 0.1) is 0 Å². The van der Waals surface area contributed by atoms with Gasteiger partial charge in [0.15, 0.2) is 0 Å². The average molecular weight is 266 g/mol. The van der Waals surface area contributed by atoms with E-state index >= 15 is 0 Å². The van der Waals surface area contributed by atoms with E-state index in [0.29, 0.717) is 0 Å². The molecule has 0 aliphatic heterocycles. The molecule has 0 aromatic heterocycles. The number of carbonyl (C=O) groups excluding carboxylic acids is 3. The summed E-state index contributed by atoms with van der Waals surface area (Å²) in [5.74, 6) is -1.66. The molecule has 0 bridgehead atoms. The van der Waals surface area contributed by atoms with Crippen LogP contribution in [0.2, 0.25) is 0 Å². The molecule has 19 heavy (non-hydrogen) atoms. The van der Waals surface area contributed by atoms with Gasteiger partial charge in [-0.2, -0.15) is 0 Å². The van der Waals surface area contributed by atoms with Crippen molar-refractivity contribution in [3.63, 3.8) is 0 Å². The van der Waals surface area contributed by atoms with E-state index in [-0.39, 0.29) is 29.2 Å². The highest BCUT2D eigenvalue weighted by atomic mass is 16.6. The highest BCUT2D eigenvalue weighted by Gasteiger charge is 2.15. The number of hydrogen-bond donors (Lipinski definition) is 3. The summed E-state index contributed by atoms with van der Waals surface area (Å²) in [7, 11) is 1.25. The van der Waals surface area contributed by atoms with Gasteiger partial charge in [-0.15, -0.1) is 0 Å². The summed E-state index contributed by atoms with van der Waals surface area (Å²) in [6, 6.07) is 3.76. The molecule has 7 nitrogen and oxygen atoms in total. The van der Waals surface area contributed by atoms with E-state index in [1.54, 1.807) is 0 Å². The fraction of sp³-hybridized carbons (Fsp3) is 0.250. The lowest BCUT2D eigenvalue weighted by Gasteiger charge is -2.07. The maximum Gasteiger partial charge on any atom is 0.278 e. The van der Waals surface area contributed by atoms with E-state index in [4.69, 9.17) is 0 Å². The number of aromatic hydroxyl groups is 1. The molecular formula is C12H14N2O5. The number of hydroxylamine groups is 1. The quantitative estimate of drug-likeness (QED) is 0.651. The van der Waals surface area contributed by atoms with Gasteiger partial charge in [0.05, 0.1) is 19.2 Å². The summed E-state index contributed by atoms with van der Waals surface area (Å²) >= 11 is 0. The van der Waals surface area contributed by atoms with Gasteiger partial charge in [-0.05, 0) is 25.1 Å². The molecule has 7 heteroatoms. The molecule has 0 unspecified atom stereocenters. The highest BCUT2D eigenvalue weighted by molar-refractivity contribution is 6.01. The molecule has 102 valence electrons. The Morgan fingerprint density at radius 3 is 2.53 bits per heavy atom. The summed E-state index contributed by atoms with van der Waals surface area (Å²) in [5, 5.41) is 11.9. The normalized spacial score (nSPS) is 9.79. The Morgan fingerprint density at radius 2 is 1.95 bits per heavy atom. The average Bonchev–Trinajstić information content (AvgIpc) is 2.36. The number of hydrogen-bond acceptors (Lipinski definition) is 5. The lowest BCUT2D eigenvalue weighted by Crippen LogP contribution is -2.28. The Labute approximate surface area is 109 Å². The molecule has 1 aromatic carbocycles. The zero-order valence-electron chi connectivity index (χ0n) is 10.5. The van der Waals surface area contributed by atoms with Gasteiger partial charge in [-0.1, -0.05) is 0 Å². The van der Waals surface area contributed by atoms with Crippen LogP contribution in [0.25, 0.3) is 0 Å². The molecule has 0 atom stereocenters. The van der Waals surface area contributed by atoms with Crippen LogP contribution in [0.5, 0.6) is 5.75 Å². The first-order chi connectivity index (χ1) is 8.95. The monoisotopic (exact) mass is 266 g/mol. The van der Waals surface area contributed by atoms with Crippen LogP contribution in [0.1, 0.15) is 27.6 Å². The van der Waals surface area contributed by atoms with Gasteiger partial charge in [0, 0.05) is 5.56 Å². The largest absolute Gasteiger partial charge is 0.507 e. The van der Waals surface area contributed by atoms with Crippen molar-refractivity contribution in [1.29, 1.82) is 0 Å². The van der Waals surface area contributed by atoms with Gasteiger partial charge < -0.3 is 10.4 Å². The second kappa shape index (κ2) is 6.50. The van der Waals surface area contributed by atoms with Gasteiger partial charge in [-0.25, -0.2) is 5.48 Å². The number of phenolic OH excluding ortho intramolecular Hbond substituents is 1. The predicted molar refractivity (Wildman–Crippen MR) is 65.6 cm³/mol. The lowest BCUT2D eigenvalue weighted by atomic mass is 10.1. The van der Waals surface area contributed by atoms with E-state index in [1.807, 2.05) is 5.48 Å². The molecule has 0 saturated heterocycles. The van der Waals surface area contributed by atoms with E-state index in [9.17, 15) is 19.5 Å². The summed E-state index contributed by atoms with van der Waals surface area (Å²) in [5.41, 5.74) is 2.09. The number of carbonyl (C=O) groups is 3. The van der Waals surface area contributed by atoms with Crippen molar-refractivity contribution < 1.29 is 24.3 Å². The molecule has 0 heterocycles. The van der Waals surface area contributed by atoms with Crippen molar-refractivity contribution in [2.75, 3.05) is 13.7 Å². The number of Topliss-reactive ketones (excluding diaryl/α,β-unsaturated/α-hetero) is 1. The minimum absolute atomic E-state index is 0.0979. The van der Waals surface area contributed by atoms with Gasteiger partial charge >= 0.3 is 0 Å². The van der Waals surface area contributed by atoms with Crippen molar-refractivity contribution in [3.05, 3.63) is 29.3 Å². The van der Waals surface area contributed by atoms with E-state index in [1.165, 1.54) is 32.2 Å². The van der Waals surface area contributed by atoms with Crippen molar-refractivity contribution in [3.8, 4) is 5.75 Å². The first-order valence-corrected chi connectivity index (χ1v) is 5.39. The molecule has 0 fully saturated rings. The van der Waals surface area contributed by atoms with Gasteiger partial charge in [0.1, 0.15) is 11.5 Å². The zero-order chi connectivity index (χ0) is 14.4. The summed E-state index contributed by atoms with van der Waals surface area (Å²) < 4.78 is 0. The third-order valence-corrected chi connectivity index (χ3v) is 2.20. The Hall–Kier alpha value is -2.41. The maximum atomic E-state index is 11.7. The molecule has 0 spiro atoms. The lowest BCUT2D eigenvalue weighted by molar-refractivity contribution is -0.116. The molecule has 1 aromatic rings. The van der Waals surface area contributed by atoms with E-state index in [0.717, 1.165) is 0 Å². The zero-order valence-corrected chi connectivity index (χ0v) is 10.5. The molecule has 0 radical (unpaired) electrons. The molecule has 0 saturated carbocycles. The Balaban J connectivity index is 2.92. The van der Waals surface area contributed by atoms with Crippen LogP contribution in [0.3, 0.4) is 0 Å². The first kappa shape index (κ1) is 14.7. The van der Waals surface area contributed by atoms with Crippen LogP contribution in [0.15, 0.2) is 18.2 Å². The number of rotatable bonds is 5. The smallest absolute Gasteiger partial charge is 0.278 e. The third kappa shape index (κ3) is 4.07. The fourth-order valence-corrected chi connectivity index (χ4v) is 1.31. The summed E-state index contributed by atoms with van der Waals surface area (Å²) in [6.45, 7) is 1.24. The third-order valence-electron chi connectivity index (χ3n) is 2.20. The first-order valence-electron chi connectivity index (χ1n) is 5.39. The Morgan fingerprint density at radius 1 is 1.26 bits per heavy atom. The minimum Gasteiger partial charge on any atom is -0.507 e. The maximum absolute atomic E-state index is 11.7. The van der Waals surface area contributed by atoms with Gasteiger partial charge in [-0.3, -0.25) is 19.2 Å². The van der Waals surface area contributed by atoms with Crippen LogP contribution in [-0.2, 0) is 9.63 Å². The second-order valence-corrected chi connectivity index (χ2v) is 3.75. The van der Waals surface area contributed by atoms with Crippen molar-refractivity contribution in [2.45, 2.75) is 6.92 Å². The van der Waals surface area contributed by atoms with Crippen LogP contribution in [0.4, 0.5) is 0 Å². The molecule has 2 amide bonds. The van der Waals surface area contributed by atoms with Crippen LogP contribution in [-0.4, -0.2) is 36.4 Å². The van der Waals surface area contributed by atoms with Gasteiger partial charge in [0.25, 0.3) is 11.8 Å². The summed E-state index contributed by atoms with van der Waals surface area (Å²) in [4.78, 5) is 38.4. The highest BCUT2D eigenvalue weighted by Crippen LogP contribution is 2.18. The predicted octanol–water partition coefficient (Wildman–Crippen LogP) is 0.00220. The standard InChI is InChI=1S/C12H14N2O5/c1-7(15)6-13-11(17)8-3-4-10(16)9(5-8)12(18)14-19-2/h3-5,16H,6H2,1-2H3,(H,13,17)(H,14,18). The van der Waals surface area contributed by atoms with Gasteiger partial charge in [0.2, 0.25) is 0 Å². The number of benzene rings is 1. The Kier molecular flexibility index (Phi) is 5.01. The van der Waals surface area contributed by atoms with E-state index in [2.05, 4.69) is 10.2 Å². The van der Waals surface area contributed by atoms with E-state index < -0.39 is 11.8 Å². The summed E-state index contributed by atoms with van der Waals surface area (Å²) in [6.07, 6.45) is 0. The number of amides is 2. The molecule has 0 aliphatic carbocycles. The topological polar surface area (TPSA) is 105 Å².